The Balaban J connectivity index is 2.01. The molecule has 0 amide bonds. The average Bonchev–Trinajstić information content (AvgIpc) is 2.77. The van der Waals surface area contributed by atoms with Crippen LogP contribution in [0.1, 0.15) is 52.8 Å². The van der Waals surface area contributed by atoms with E-state index in [0.29, 0.717) is 10.9 Å². The first-order chi connectivity index (χ1) is 8.58. The lowest BCUT2D eigenvalue weighted by Crippen LogP contribution is -2.07. The van der Waals surface area contributed by atoms with Crippen molar-refractivity contribution in [2.45, 2.75) is 57.4 Å². The molecule has 1 saturated heterocycles. The summed E-state index contributed by atoms with van der Waals surface area (Å²) in [5, 5.41) is 0. The second-order valence-corrected chi connectivity index (χ2v) is 6.60. The number of aryl methyl sites for hydroxylation is 3. The molecule has 1 fully saturated rings. The molecule has 18 heavy (non-hydrogen) atoms. The van der Waals surface area contributed by atoms with Crippen LogP contribution in [-0.4, -0.2) is 12.7 Å². The van der Waals surface area contributed by atoms with Crippen LogP contribution in [-0.2, 0) is 4.74 Å². The molecule has 2 heteroatoms. The highest BCUT2D eigenvalue weighted by atomic mass is 79.9. The molecule has 0 saturated carbocycles. The minimum atomic E-state index is 0.460. The fraction of sp³-hybridized carbons (Fsp3) is 0.625. The molecule has 2 unspecified atom stereocenters. The molecule has 1 aromatic rings. The first-order valence-electron chi connectivity index (χ1n) is 6.91. The smallest absolute Gasteiger partial charge is 0.0576 e. The van der Waals surface area contributed by atoms with E-state index >= 15 is 0 Å². The summed E-state index contributed by atoms with van der Waals surface area (Å²) in [5.41, 5.74) is 5.63. The van der Waals surface area contributed by atoms with E-state index in [0.717, 1.165) is 13.0 Å². The van der Waals surface area contributed by atoms with Gasteiger partial charge in [-0.3, -0.25) is 0 Å². The number of alkyl halides is 1. The van der Waals surface area contributed by atoms with Crippen LogP contribution < -0.4 is 0 Å². The summed E-state index contributed by atoms with van der Waals surface area (Å²) >= 11 is 3.86. The Morgan fingerprint density at radius 2 is 1.94 bits per heavy atom. The van der Waals surface area contributed by atoms with Crippen molar-refractivity contribution in [1.29, 1.82) is 0 Å². The molecule has 100 valence electrons. The van der Waals surface area contributed by atoms with Crippen LogP contribution in [0.5, 0.6) is 0 Å². The summed E-state index contributed by atoms with van der Waals surface area (Å²) in [6.45, 7) is 7.56. The van der Waals surface area contributed by atoms with Crippen molar-refractivity contribution < 1.29 is 4.74 Å². The van der Waals surface area contributed by atoms with Crippen LogP contribution in [0.25, 0.3) is 0 Å². The van der Waals surface area contributed by atoms with Gasteiger partial charge in [-0.15, -0.1) is 0 Å². The largest absolute Gasteiger partial charge is 0.378 e. The number of hydrogen-bond acceptors (Lipinski definition) is 1. The van der Waals surface area contributed by atoms with Crippen LogP contribution >= 0.6 is 15.9 Å². The van der Waals surface area contributed by atoms with Crippen molar-refractivity contribution in [3.63, 3.8) is 0 Å². The Morgan fingerprint density at radius 1 is 1.28 bits per heavy atom. The SMILES string of the molecule is Cc1cc(C)c(C(Br)CCC2CCCO2)c(C)c1. The number of ether oxygens (including phenoxy) is 1. The zero-order valence-corrected chi connectivity index (χ0v) is 13.2. The molecule has 1 aliphatic heterocycles. The van der Waals surface area contributed by atoms with Crippen molar-refractivity contribution >= 4 is 15.9 Å². The topological polar surface area (TPSA) is 9.23 Å². The molecule has 0 spiro atoms. The van der Waals surface area contributed by atoms with E-state index in [-0.39, 0.29) is 0 Å². The fourth-order valence-corrected chi connectivity index (χ4v) is 4.02. The van der Waals surface area contributed by atoms with E-state index < -0.39 is 0 Å². The molecule has 0 aromatic heterocycles. The van der Waals surface area contributed by atoms with Crippen molar-refractivity contribution in [2.24, 2.45) is 0 Å². The van der Waals surface area contributed by atoms with E-state index in [9.17, 15) is 0 Å². The lowest BCUT2D eigenvalue weighted by atomic mass is 9.94. The zero-order valence-electron chi connectivity index (χ0n) is 11.6. The standard InChI is InChI=1S/C16H23BrO/c1-11-9-12(2)16(13(3)10-11)15(17)7-6-14-5-4-8-18-14/h9-10,14-15H,4-8H2,1-3H3. The summed E-state index contributed by atoms with van der Waals surface area (Å²) in [6.07, 6.45) is 5.31. The highest BCUT2D eigenvalue weighted by molar-refractivity contribution is 9.09. The molecule has 0 N–H and O–H groups in total. The molecule has 1 nitrogen and oxygen atoms in total. The quantitative estimate of drug-likeness (QED) is 0.710. The van der Waals surface area contributed by atoms with Crippen LogP contribution in [0.2, 0.25) is 0 Å². The highest BCUT2D eigenvalue weighted by Crippen LogP contribution is 2.34. The Bertz CT molecular complexity index is 385. The van der Waals surface area contributed by atoms with Gasteiger partial charge in [-0.25, -0.2) is 0 Å². The van der Waals surface area contributed by atoms with Crippen molar-refractivity contribution in [3.8, 4) is 0 Å². The van der Waals surface area contributed by atoms with Crippen LogP contribution in [0.15, 0.2) is 12.1 Å². The van der Waals surface area contributed by atoms with Crippen LogP contribution in [0, 0.1) is 20.8 Å². The maximum atomic E-state index is 5.70. The summed E-state index contributed by atoms with van der Waals surface area (Å²) in [4.78, 5) is 0.460. The Morgan fingerprint density at radius 3 is 2.50 bits per heavy atom. The van der Waals surface area contributed by atoms with Crippen molar-refractivity contribution in [3.05, 3.63) is 34.4 Å². The number of benzene rings is 1. The lowest BCUT2D eigenvalue weighted by molar-refractivity contribution is 0.102. The van der Waals surface area contributed by atoms with Crippen LogP contribution in [0.3, 0.4) is 0 Å². The van der Waals surface area contributed by atoms with Gasteiger partial charge in [0.25, 0.3) is 0 Å². The van der Waals surface area contributed by atoms with Gasteiger partial charge in [-0.05, 0) is 63.1 Å². The minimum Gasteiger partial charge on any atom is -0.378 e. The third-order valence-corrected chi connectivity index (χ3v) is 4.73. The first kappa shape index (κ1) is 14.1. The molecule has 1 aliphatic rings. The van der Waals surface area contributed by atoms with Gasteiger partial charge in [0.05, 0.1) is 6.10 Å². The maximum Gasteiger partial charge on any atom is 0.0576 e. The number of halogens is 1. The second kappa shape index (κ2) is 6.21. The fourth-order valence-electron chi connectivity index (χ4n) is 3.03. The van der Waals surface area contributed by atoms with E-state index in [1.807, 2.05) is 0 Å². The predicted molar refractivity (Wildman–Crippen MR) is 80.5 cm³/mol. The molecular formula is C16H23BrO. The third kappa shape index (κ3) is 3.36. The molecule has 0 radical (unpaired) electrons. The van der Waals surface area contributed by atoms with Gasteiger partial charge in [-0.2, -0.15) is 0 Å². The zero-order chi connectivity index (χ0) is 13.1. The molecule has 1 aromatic carbocycles. The van der Waals surface area contributed by atoms with Gasteiger partial charge in [0.2, 0.25) is 0 Å². The van der Waals surface area contributed by atoms with E-state index in [1.165, 1.54) is 41.5 Å². The van der Waals surface area contributed by atoms with E-state index in [4.69, 9.17) is 4.74 Å². The normalized spacial score (nSPS) is 21.2. The predicted octanol–water partition coefficient (Wildman–Crippen LogP) is 5.01. The van der Waals surface area contributed by atoms with Crippen LogP contribution in [0.4, 0.5) is 0 Å². The summed E-state index contributed by atoms with van der Waals surface area (Å²) < 4.78 is 5.70. The maximum absolute atomic E-state index is 5.70. The van der Waals surface area contributed by atoms with Gasteiger partial charge in [0.1, 0.15) is 0 Å². The first-order valence-corrected chi connectivity index (χ1v) is 7.83. The summed E-state index contributed by atoms with van der Waals surface area (Å²) in [5.74, 6) is 0. The molecular weight excluding hydrogens is 288 g/mol. The summed E-state index contributed by atoms with van der Waals surface area (Å²) in [6, 6.07) is 4.56. The van der Waals surface area contributed by atoms with Gasteiger partial charge in [-0.1, -0.05) is 33.6 Å². The van der Waals surface area contributed by atoms with Gasteiger partial charge < -0.3 is 4.74 Å². The number of rotatable bonds is 4. The van der Waals surface area contributed by atoms with Gasteiger partial charge in [0.15, 0.2) is 0 Å². The average molecular weight is 311 g/mol. The van der Waals surface area contributed by atoms with Gasteiger partial charge in [0, 0.05) is 11.4 Å². The van der Waals surface area contributed by atoms with Gasteiger partial charge >= 0.3 is 0 Å². The van der Waals surface area contributed by atoms with E-state index in [2.05, 4.69) is 48.8 Å². The number of hydrogen-bond donors (Lipinski definition) is 0. The second-order valence-electron chi connectivity index (χ2n) is 5.49. The summed E-state index contributed by atoms with van der Waals surface area (Å²) in [7, 11) is 0. The molecule has 0 aliphatic carbocycles. The Kier molecular flexibility index (Phi) is 4.85. The van der Waals surface area contributed by atoms with E-state index in [1.54, 1.807) is 0 Å². The van der Waals surface area contributed by atoms with Crippen molar-refractivity contribution in [1.82, 2.24) is 0 Å². The minimum absolute atomic E-state index is 0.460. The monoisotopic (exact) mass is 310 g/mol. The third-order valence-electron chi connectivity index (χ3n) is 3.82. The molecule has 0 bridgehead atoms. The Hall–Kier alpha value is -0.340. The molecule has 2 rings (SSSR count). The molecule has 1 heterocycles. The lowest BCUT2D eigenvalue weighted by Gasteiger charge is -2.18. The molecule has 2 atom stereocenters. The van der Waals surface area contributed by atoms with Crippen molar-refractivity contribution in [2.75, 3.05) is 6.61 Å². The highest BCUT2D eigenvalue weighted by Gasteiger charge is 2.19. The Labute approximate surface area is 119 Å².